The van der Waals surface area contributed by atoms with Crippen LogP contribution in [0.2, 0.25) is 0 Å². The molecule has 2 N–H and O–H groups in total. The van der Waals surface area contributed by atoms with Crippen molar-refractivity contribution in [1.29, 1.82) is 0 Å². The Kier molecular flexibility index (Phi) is 2.97. The highest BCUT2D eigenvalue weighted by molar-refractivity contribution is 7.10. The van der Waals surface area contributed by atoms with E-state index in [0.29, 0.717) is 11.3 Å². The Labute approximate surface area is 119 Å². The first-order valence-electron chi connectivity index (χ1n) is 5.84. The van der Waals surface area contributed by atoms with E-state index in [0.717, 1.165) is 16.3 Å². The second kappa shape index (κ2) is 4.79. The number of primary amides is 1. The van der Waals surface area contributed by atoms with E-state index in [1.165, 1.54) is 17.5 Å². The van der Waals surface area contributed by atoms with Crippen LogP contribution < -0.4 is 5.73 Å². The number of amides is 1. The third-order valence-corrected chi connectivity index (χ3v) is 3.57. The zero-order valence-electron chi connectivity index (χ0n) is 10.6. The summed E-state index contributed by atoms with van der Waals surface area (Å²) >= 11 is 1.50. The van der Waals surface area contributed by atoms with Crippen molar-refractivity contribution in [3.63, 3.8) is 0 Å². The Balaban J connectivity index is 2.02. The van der Waals surface area contributed by atoms with Gasteiger partial charge in [0.1, 0.15) is 11.3 Å². The molecule has 20 heavy (non-hydrogen) atoms. The molecule has 98 valence electrons. The Bertz CT molecular complexity index is 866. The molecule has 0 radical (unpaired) electrons. The summed E-state index contributed by atoms with van der Waals surface area (Å²) in [5.74, 6) is 5.50. The molecule has 0 aromatic carbocycles. The minimum atomic E-state index is -0.516. The van der Waals surface area contributed by atoms with E-state index < -0.39 is 5.91 Å². The van der Waals surface area contributed by atoms with Crippen LogP contribution in [-0.2, 0) is 0 Å². The van der Waals surface area contributed by atoms with Gasteiger partial charge in [-0.2, -0.15) is 0 Å². The van der Waals surface area contributed by atoms with Gasteiger partial charge in [0.25, 0.3) is 5.91 Å². The van der Waals surface area contributed by atoms with Crippen LogP contribution in [0.15, 0.2) is 29.9 Å². The van der Waals surface area contributed by atoms with Crippen LogP contribution in [0.3, 0.4) is 0 Å². The van der Waals surface area contributed by atoms with Crippen molar-refractivity contribution in [3.05, 3.63) is 51.9 Å². The molecular formula is C14H10N4OS. The zero-order valence-corrected chi connectivity index (χ0v) is 11.4. The molecule has 5 nitrogen and oxygen atoms in total. The molecule has 3 rings (SSSR count). The monoisotopic (exact) mass is 282 g/mol. The molecule has 0 aliphatic heterocycles. The molecule has 3 aromatic rings. The fraction of sp³-hybridized carbons (Fsp3) is 0.0714. The Morgan fingerprint density at radius 3 is 2.95 bits per heavy atom. The lowest BCUT2D eigenvalue weighted by molar-refractivity contribution is 0.0995. The van der Waals surface area contributed by atoms with Crippen LogP contribution in [-0.4, -0.2) is 20.3 Å². The lowest BCUT2D eigenvalue weighted by Crippen LogP contribution is -2.13. The SMILES string of the molecule is Cc1csc(C#Cc2ccc3ncc(C(N)=O)n3c2)n1. The van der Waals surface area contributed by atoms with Crippen molar-refractivity contribution in [2.45, 2.75) is 6.92 Å². The lowest BCUT2D eigenvalue weighted by Gasteiger charge is -1.98. The van der Waals surface area contributed by atoms with Crippen molar-refractivity contribution >= 4 is 22.9 Å². The molecule has 3 heterocycles. The van der Waals surface area contributed by atoms with Crippen molar-refractivity contribution in [2.24, 2.45) is 5.73 Å². The number of imidazole rings is 1. The minimum Gasteiger partial charge on any atom is -0.364 e. The van der Waals surface area contributed by atoms with Gasteiger partial charge in [0, 0.05) is 22.8 Å². The number of carbonyl (C=O) groups is 1. The lowest BCUT2D eigenvalue weighted by atomic mass is 10.3. The number of aromatic nitrogens is 3. The van der Waals surface area contributed by atoms with Gasteiger partial charge in [0.15, 0.2) is 5.01 Å². The number of fused-ring (bicyclic) bond motifs is 1. The van der Waals surface area contributed by atoms with Gasteiger partial charge >= 0.3 is 0 Å². The summed E-state index contributed by atoms with van der Waals surface area (Å²) < 4.78 is 1.64. The molecule has 0 unspecified atom stereocenters. The summed E-state index contributed by atoms with van der Waals surface area (Å²) in [6, 6.07) is 3.64. The molecule has 0 saturated heterocycles. The number of pyridine rings is 1. The molecule has 1 amide bonds. The van der Waals surface area contributed by atoms with Gasteiger partial charge in [-0.25, -0.2) is 9.97 Å². The quantitative estimate of drug-likeness (QED) is 0.689. The van der Waals surface area contributed by atoms with Crippen molar-refractivity contribution in [2.75, 3.05) is 0 Å². The van der Waals surface area contributed by atoms with Gasteiger partial charge in [0.2, 0.25) is 0 Å². The smallest absolute Gasteiger partial charge is 0.267 e. The van der Waals surface area contributed by atoms with Crippen LogP contribution in [0.25, 0.3) is 5.65 Å². The molecule has 0 aliphatic rings. The molecule has 3 aromatic heterocycles. The molecule has 0 atom stereocenters. The summed E-state index contributed by atoms with van der Waals surface area (Å²) in [5.41, 5.74) is 8.03. The number of carbonyl (C=O) groups excluding carboxylic acids is 1. The summed E-state index contributed by atoms with van der Waals surface area (Å²) in [7, 11) is 0. The second-order valence-electron chi connectivity index (χ2n) is 4.20. The van der Waals surface area contributed by atoms with Crippen molar-refractivity contribution < 1.29 is 4.79 Å². The largest absolute Gasteiger partial charge is 0.364 e. The summed E-state index contributed by atoms with van der Waals surface area (Å²) in [6.45, 7) is 1.93. The zero-order chi connectivity index (χ0) is 14.1. The molecule has 0 aliphatic carbocycles. The highest BCUT2D eigenvalue weighted by Gasteiger charge is 2.08. The number of thiazole rings is 1. The van der Waals surface area contributed by atoms with E-state index in [-0.39, 0.29) is 0 Å². The van der Waals surface area contributed by atoms with Crippen LogP contribution in [0.4, 0.5) is 0 Å². The standard InChI is InChI=1S/C14H10N4OS/c1-9-8-20-13(17-9)5-3-10-2-4-12-16-6-11(14(15)19)18(12)7-10/h2,4,6-8H,1H3,(H2,15,19). The number of nitrogens with two attached hydrogens (primary N) is 1. The van der Waals surface area contributed by atoms with Crippen LogP contribution in [0, 0.1) is 18.8 Å². The molecular weight excluding hydrogens is 272 g/mol. The Morgan fingerprint density at radius 2 is 2.25 bits per heavy atom. The average molecular weight is 282 g/mol. The second-order valence-corrected chi connectivity index (χ2v) is 5.06. The normalized spacial score (nSPS) is 10.2. The van der Waals surface area contributed by atoms with E-state index in [2.05, 4.69) is 21.8 Å². The first-order chi connectivity index (χ1) is 9.63. The fourth-order valence-electron chi connectivity index (χ4n) is 1.77. The minimum absolute atomic E-state index is 0.341. The molecule has 0 spiro atoms. The van der Waals surface area contributed by atoms with E-state index >= 15 is 0 Å². The highest BCUT2D eigenvalue weighted by atomic mass is 32.1. The number of nitrogens with zero attached hydrogens (tertiary/aromatic N) is 3. The predicted octanol–water partition coefficient (Wildman–Crippen LogP) is 1.60. The maximum atomic E-state index is 11.3. The van der Waals surface area contributed by atoms with Crippen LogP contribution in [0.5, 0.6) is 0 Å². The Hall–Kier alpha value is -2.65. The Morgan fingerprint density at radius 1 is 1.40 bits per heavy atom. The van der Waals surface area contributed by atoms with Crippen molar-refractivity contribution in [1.82, 2.24) is 14.4 Å². The van der Waals surface area contributed by atoms with Gasteiger partial charge in [-0.15, -0.1) is 11.3 Å². The van der Waals surface area contributed by atoms with E-state index in [1.54, 1.807) is 16.7 Å². The topological polar surface area (TPSA) is 73.3 Å². The van der Waals surface area contributed by atoms with Gasteiger partial charge in [-0.3, -0.25) is 9.20 Å². The number of rotatable bonds is 1. The summed E-state index contributed by atoms with van der Waals surface area (Å²) in [5, 5.41) is 2.72. The third kappa shape index (κ3) is 2.27. The maximum absolute atomic E-state index is 11.3. The van der Waals surface area contributed by atoms with Crippen LogP contribution >= 0.6 is 11.3 Å². The van der Waals surface area contributed by atoms with E-state index in [4.69, 9.17) is 5.73 Å². The molecule has 0 saturated carbocycles. The molecule has 0 fully saturated rings. The maximum Gasteiger partial charge on any atom is 0.267 e. The number of aryl methyl sites for hydroxylation is 1. The van der Waals surface area contributed by atoms with Gasteiger partial charge in [0.05, 0.1) is 6.20 Å². The number of hydrogen-bond donors (Lipinski definition) is 1. The summed E-state index contributed by atoms with van der Waals surface area (Å²) in [4.78, 5) is 19.7. The first-order valence-corrected chi connectivity index (χ1v) is 6.72. The summed E-state index contributed by atoms with van der Waals surface area (Å²) in [6.07, 6.45) is 3.20. The fourth-order valence-corrected chi connectivity index (χ4v) is 2.42. The molecule has 0 bridgehead atoms. The van der Waals surface area contributed by atoms with Crippen LogP contribution in [0.1, 0.15) is 26.8 Å². The molecule has 6 heteroatoms. The average Bonchev–Trinajstić information content (AvgIpc) is 3.01. The van der Waals surface area contributed by atoms with Crippen molar-refractivity contribution in [3.8, 4) is 11.8 Å². The van der Waals surface area contributed by atoms with Gasteiger partial charge < -0.3 is 5.73 Å². The van der Waals surface area contributed by atoms with Gasteiger partial charge in [-0.1, -0.05) is 5.92 Å². The van der Waals surface area contributed by atoms with E-state index in [1.807, 2.05) is 18.4 Å². The third-order valence-electron chi connectivity index (χ3n) is 2.69. The first kappa shape index (κ1) is 12.4. The van der Waals surface area contributed by atoms with Gasteiger partial charge in [-0.05, 0) is 25.0 Å². The van der Waals surface area contributed by atoms with E-state index in [9.17, 15) is 4.79 Å². The number of hydrogen-bond acceptors (Lipinski definition) is 4. The highest BCUT2D eigenvalue weighted by Crippen LogP contribution is 2.10. The predicted molar refractivity (Wildman–Crippen MR) is 76.5 cm³/mol.